The monoisotopic (exact) mass is 231 g/mol. The van der Waals surface area contributed by atoms with Gasteiger partial charge in [0.05, 0.1) is 12.1 Å². The SMILES string of the molecule is CCOC(C)(C)Cn1c(CO)n[nH]c1=S. The topological polar surface area (TPSA) is 63.1 Å². The van der Waals surface area contributed by atoms with Crippen LogP contribution in [0.5, 0.6) is 0 Å². The van der Waals surface area contributed by atoms with Crippen LogP contribution >= 0.6 is 12.2 Å². The predicted octanol–water partition coefficient (Wildman–Crippen LogP) is 1.25. The Hall–Kier alpha value is -0.720. The molecule has 1 rings (SSSR count). The Morgan fingerprint density at radius 1 is 1.60 bits per heavy atom. The van der Waals surface area contributed by atoms with Gasteiger partial charge >= 0.3 is 0 Å². The molecule has 0 spiro atoms. The molecule has 0 amide bonds. The number of aromatic nitrogens is 3. The third-order valence-corrected chi connectivity index (χ3v) is 2.36. The van der Waals surface area contributed by atoms with Crippen molar-refractivity contribution in [2.75, 3.05) is 6.61 Å². The van der Waals surface area contributed by atoms with Gasteiger partial charge < -0.3 is 9.84 Å². The Morgan fingerprint density at radius 3 is 2.80 bits per heavy atom. The maximum Gasteiger partial charge on any atom is 0.195 e. The number of aliphatic hydroxyl groups excluding tert-OH is 1. The van der Waals surface area contributed by atoms with E-state index in [-0.39, 0.29) is 12.2 Å². The lowest BCUT2D eigenvalue weighted by atomic mass is 10.1. The highest BCUT2D eigenvalue weighted by molar-refractivity contribution is 7.71. The zero-order valence-corrected chi connectivity index (χ0v) is 10.1. The van der Waals surface area contributed by atoms with Crippen LogP contribution in [0.2, 0.25) is 0 Å². The fourth-order valence-corrected chi connectivity index (χ4v) is 1.67. The van der Waals surface area contributed by atoms with Gasteiger partial charge in [-0.05, 0) is 33.0 Å². The molecule has 86 valence electrons. The van der Waals surface area contributed by atoms with Gasteiger partial charge in [0.1, 0.15) is 6.61 Å². The first kappa shape index (κ1) is 12.4. The third-order valence-electron chi connectivity index (χ3n) is 2.05. The standard InChI is InChI=1S/C9H17N3O2S/c1-4-14-9(2,3)6-12-7(5-13)10-11-8(12)15/h13H,4-6H2,1-3H3,(H,11,15). The zero-order chi connectivity index (χ0) is 11.5. The molecule has 15 heavy (non-hydrogen) atoms. The number of H-pyrrole nitrogens is 1. The minimum Gasteiger partial charge on any atom is -0.388 e. The molecule has 6 heteroatoms. The minimum absolute atomic E-state index is 0.130. The van der Waals surface area contributed by atoms with E-state index in [2.05, 4.69) is 10.2 Å². The number of rotatable bonds is 5. The molecule has 0 aromatic carbocycles. The lowest BCUT2D eigenvalue weighted by molar-refractivity contribution is -0.0236. The summed E-state index contributed by atoms with van der Waals surface area (Å²) in [4.78, 5) is 0. The van der Waals surface area contributed by atoms with Gasteiger partial charge in [-0.2, -0.15) is 5.10 Å². The largest absolute Gasteiger partial charge is 0.388 e. The second-order valence-corrected chi connectivity index (χ2v) is 4.27. The van der Waals surface area contributed by atoms with Gasteiger partial charge in [0.15, 0.2) is 10.6 Å². The van der Waals surface area contributed by atoms with E-state index in [1.807, 2.05) is 20.8 Å². The smallest absolute Gasteiger partial charge is 0.195 e. The molecule has 2 N–H and O–H groups in total. The summed E-state index contributed by atoms with van der Waals surface area (Å²) in [6, 6.07) is 0. The molecule has 0 radical (unpaired) electrons. The number of nitrogens with zero attached hydrogens (tertiary/aromatic N) is 2. The summed E-state index contributed by atoms with van der Waals surface area (Å²) in [6.45, 7) is 7.00. The Morgan fingerprint density at radius 2 is 2.27 bits per heavy atom. The molecule has 1 aromatic rings. The van der Waals surface area contributed by atoms with Crippen molar-refractivity contribution in [3.05, 3.63) is 10.6 Å². The van der Waals surface area contributed by atoms with Crippen molar-refractivity contribution in [3.8, 4) is 0 Å². The molecule has 0 atom stereocenters. The average Bonchev–Trinajstić information content (AvgIpc) is 2.47. The molecule has 0 saturated carbocycles. The second-order valence-electron chi connectivity index (χ2n) is 3.88. The molecule has 0 fully saturated rings. The normalized spacial score (nSPS) is 12.0. The zero-order valence-electron chi connectivity index (χ0n) is 9.28. The van der Waals surface area contributed by atoms with Gasteiger partial charge in [0.2, 0.25) is 0 Å². The molecular formula is C9H17N3O2S. The van der Waals surface area contributed by atoms with Crippen LogP contribution in [-0.4, -0.2) is 32.1 Å². The van der Waals surface area contributed by atoms with Crippen LogP contribution in [0.1, 0.15) is 26.6 Å². The number of nitrogens with one attached hydrogen (secondary N) is 1. The predicted molar refractivity (Wildman–Crippen MR) is 59.0 cm³/mol. The number of hydrogen-bond acceptors (Lipinski definition) is 4. The van der Waals surface area contributed by atoms with Gasteiger partial charge in [-0.25, -0.2) is 0 Å². The van der Waals surface area contributed by atoms with Gasteiger partial charge in [-0.1, -0.05) is 0 Å². The van der Waals surface area contributed by atoms with E-state index in [0.717, 1.165) is 0 Å². The fourth-order valence-electron chi connectivity index (χ4n) is 1.45. The maximum atomic E-state index is 9.07. The van der Waals surface area contributed by atoms with E-state index in [0.29, 0.717) is 23.7 Å². The van der Waals surface area contributed by atoms with Crippen molar-refractivity contribution in [2.24, 2.45) is 0 Å². The Balaban J connectivity index is 2.88. The molecule has 1 heterocycles. The molecule has 0 aliphatic carbocycles. The van der Waals surface area contributed by atoms with E-state index in [1.54, 1.807) is 4.57 Å². The highest BCUT2D eigenvalue weighted by Gasteiger charge is 2.20. The lowest BCUT2D eigenvalue weighted by Gasteiger charge is -2.25. The summed E-state index contributed by atoms with van der Waals surface area (Å²) >= 11 is 5.07. The van der Waals surface area contributed by atoms with Crippen LogP contribution in [0.25, 0.3) is 0 Å². The summed E-state index contributed by atoms with van der Waals surface area (Å²) in [5.41, 5.74) is -0.319. The first-order chi connectivity index (χ1) is 7.00. The van der Waals surface area contributed by atoms with E-state index >= 15 is 0 Å². The summed E-state index contributed by atoms with van der Waals surface area (Å²) in [6.07, 6.45) is 0. The van der Waals surface area contributed by atoms with Gasteiger partial charge in [0, 0.05) is 6.61 Å². The lowest BCUT2D eigenvalue weighted by Crippen LogP contribution is -2.31. The van der Waals surface area contributed by atoms with Crippen molar-refractivity contribution in [1.29, 1.82) is 0 Å². The molecule has 5 nitrogen and oxygen atoms in total. The van der Waals surface area contributed by atoms with Crippen molar-refractivity contribution in [1.82, 2.24) is 14.8 Å². The number of aliphatic hydroxyl groups is 1. The molecule has 0 bridgehead atoms. The first-order valence-corrected chi connectivity index (χ1v) is 5.30. The van der Waals surface area contributed by atoms with Crippen LogP contribution in [0.15, 0.2) is 0 Å². The van der Waals surface area contributed by atoms with Crippen molar-refractivity contribution in [2.45, 2.75) is 39.5 Å². The van der Waals surface area contributed by atoms with Crippen LogP contribution in [0.3, 0.4) is 0 Å². The van der Waals surface area contributed by atoms with Crippen LogP contribution < -0.4 is 0 Å². The summed E-state index contributed by atoms with van der Waals surface area (Å²) in [5, 5.41) is 15.6. The highest BCUT2D eigenvalue weighted by Crippen LogP contribution is 2.13. The Labute approximate surface area is 94.1 Å². The third kappa shape index (κ3) is 3.12. The van der Waals surface area contributed by atoms with Crippen molar-refractivity contribution >= 4 is 12.2 Å². The summed E-state index contributed by atoms with van der Waals surface area (Å²) in [5.74, 6) is 0.535. The van der Waals surface area contributed by atoms with E-state index in [9.17, 15) is 0 Å². The molecule has 0 unspecified atom stereocenters. The Bertz CT molecular complexity index is 370. The fraction of sp³-hybridized carbons (Fsp3) is 0.778. The van der Waals surface area contributed by atoms with E-state index < -0.39 is 0 Å². The van der Waals surface area contributed by atoms with Crippen molar-refractivity contribution < 1.29 is 9.84 Å². The maximum absolute atomic E-state index is 9.07. The summed E-state index contributed by atoms with van der Waals surface area (Å²) < 4.78 is 7.83. The molecule has 0 aliphatic heterocycles. The molecule has 0 saturated heterocycles. The van der Waals surface area contributed by atoms with Crippen LogP contribution in [0.4, 0.5) is 0 Å². The first-order valence-electron chi connectivity index (χ1n) is 4.89. The van der Waals surface area contributed by atoms with Gasteiger partial charge in [-0.15, -0.1) is 0 Å². The number of ether oxygens (including phenoxy) is 1. The molecule has 0 aliphatic rings. The average molecular weight is 231 g/mol. The Kier molecular flexibility index (Phi) is 4.01. The molecule has 1 aromatic heterocycles. The highest BCUT2D eigenvalue weighted by atomic mass is 32.1. The number of hydrogen-bond donors (Lipinski definition) is 2. The molecular weight excluding hydrogens is 214 g/mol. The minimum atomic E-state index is -0.319. The second kappa shape index (κ2) is 4.87. The van der Waals surface area contributed by atoms with Crippen molar-refractivity contribution in [3.63, 3.8) is 0 Å². The number of aromatic amines is 1. The quantitative estimate of drug-likeness (QED) is 0.749. The van der Waals surface area contributed by atoms with Crippen LogP contribution in [0, 0.1) is 4.77 Å². The van der Waals surface area contributed by atoms with Gasteiger partial charge in [-0.3, -0.25) is 9.67 Å². The van der Waals surface area contributed by atoms with E-state index in [4.69, 9.17) is 22.1 Å². The van der Waals surface area contributed by atoms with E-state index in [1.165, 1.54) is 0 Å². The summed E-state index contributed by atoms with van der Waals surface area (Å²) in [7, 11) is 0. The van der Waals surface area contributed by atoms with Gasteiger partial charge in [0.25, 0.3) is 0 Å². The van der Waals surface area contributed by atoms with Crippen LogP contribution in [-0.2, 0) is 17.9 Å².